The number of amides is 1. The Labute approximate surface area is 131 Å². The number of benzene rings is 1. The second-order valence-electron chi connectivity index (χ2n) is 4.58. The molecule has 2 rings (SSSR count). The van der Waals surface area contributed by atoms with E-state index >= 15 is 0 Å². The van der Waals surface area contributed by atoms with E-state index in [9.17, 15) is 14.4 Å². The molecule has 6 heteroatoms. The summed E-state index contributed by atoms with van der Waals surface area (Å²) in [6.07, 6.45) is -1.18. The highest BCUT2D eigenvalue weighted by Crippen LogP contribution is 2.18. The van der Waals surface area contributed by atoms with Gasteiger partial charge in [0.25, 0.3) is 5.91 Å². The fourth-order valence-corrected chi connectivity index (χ4v) is 2.58. The van der Waals surface area contributed by atoms with E-state index < -0.39 is 18.0 Å². The van der Waals surface area contributed by atoms with Crippen LogP contribution in [0.4, 0.5) is 0 Å². The van der Waals surface area contributed by atoms with Crippen molar-refractivity contribution in [3.05, 3.63) is 58.3 Å². The Balaban J connectivity index is 1.92. The monoisotopic (exact) mass is 317 g/mol. The molecule has 0 spiro atoms. The molecule has 1 aromatic heterocycles. The van der Waals surface area contributed by atoms with Crippen LogP contribution in [-0.4, -0.2) is 17.7 Å². The minimum atomic E-state index is -1.13. The Morgan fingerprint density at radius 1 is 1.05 bits per heavy atom. The fourth-order valence-electron chi connectivity index (χ4n) is 1.88. The molecule has 1 unspecified atom stereocenters. The van der Waals surface area contributed by atoms with Gasteiger partial charge in [0, 0.05) is 12.0 Å². The van der Waals surface area contributed by atoms with Gasteiger partial charge in [-0.15, -0.1) is 11.3 Å². The third kappa shape index (κ3) is 4.26. The van der Waals surface area contributed by atoms with Crippen molar-refractivity contribution in [3.63, 3.8) is 0 Å². The molecule has 114 valence electrons. The standard InChI is InChI=1S/C16H15NO4S/c17-16(20)15(11-5-2-1-3-6-11)21-14(19)9-8-12(18)13-7-4-10-22-13/h1-7,10,15H,8-9H2,(H2,17,20). The molecule has 1 amide bonds. The summed E-state index contributed by atoms with van der Waals surface area (Å²) in [5.74, 6) is -1.50. The van der Waals surface area contributed by atoms with Crippen molar-refractivity contribution >= 4 is 29.0 Å². The van der Waals surface area contributed by atoms with Gasteiger partial charge in [-0.2, -0.15) is 0 Å². The maximum atomic E-state index is 11.8. The number of Topliss-reactive ketones (excluding diaryl/α,β-unsaturated/α-hetero) is 1. The average molecular weight is 317 g/mol. The molecule has 0 aliphatic carbocycles. The molecule has 0 saturated carbocycles. The first-order valence-electron chi connectivity index (χ1n) is 6.68. The van der Waals surface area contributed by atoms with E-state index in [1.54, 1.807) is 47.8 Å². The minimum absolute atomic E-state index is 0.0413. The third-order valence-corrected chi connectivity index (χ3v) is 3.87. The lowest BCUT2D eigenvalue weighted by molar-refractivity contribution is -0.155. The summed E-state index contributed by atoms with van der Waals surface area (Å²) >= 11 is 1.32. The highest BCUT2D eigenvalue weighted by Gasteiger charge is 2.22. The van der Waals surface area contributed by atoms with Crippen molar-refractivity contribution < 1.29 is 19.1 Å². The van der Waals surface area contributed by atoms with Crippen LogP contribution in [0.2, 0.25) is 0 Å². The zero-order valence-electron chi connectivity index (χ0n) is 11.7. The van der Waals surface area contributed by atoms with E-state index in [0.717, 1.165) is 0 Å². The van der Waals surface area contributed by atoms with Crippen LogP contribution in [0.15, 0.2) is 47.8 Å². The van der Waals surface area contributed by atoms with E-state index in [-0.39, 0.29) is 18.6 Å². The number of carbonyl (C=O) groups is 3. The molecular formula is C16H15NO4S. The number of esters is 1. The summed E-state index contributed by atoms with van der Waals surface area (Å²) in [6.45, 7) is 0. The van der Waals surface area contributed by atoms with Crippen LogP contribution in [-0.2, 0) is 14.3 Å². The number of ether oxygens (including phenoxy) is 1. The molecule has 0 saturated heterocycles. The Bertz CT molecular complexity index is 652. The summed E-state index contributed by atoms with van der Waals surface area (Å²) in [6, 6.07) is 12.0. The van der Waals surface area contributed by atoms with E-state index in [4.69, 9.17) is 10.5 Å². The van der Waals surface area contributed by atoms with Gasteiger partial charge in [-0.25, -0.2) is 0 Å². The highest BCUT2D eigenvalue weighted by molar-refractivity contribution is 7.12. The molecule has 1 aromatic carbocycles. The van der Waals surface area contributed by atoms with Crippen molar-refractivity contribution in [2.24, 2.45) is 5.73 Å². The predicted molar refractivity (Wildman–Crippen MR) is 82.4 cm³/mol. The van der Waals surface area contributed by atoms with Gasteiger partial charge in [0.05, 0.1) is 11.3 Å². The van der Waals surface area contributed by atoms with Gasteiger partial charge >= 0.3 is 5.97 Å². The zero-order chi connectivity index (χ0) is 15.9. The predicted octanol–water partition coefficient (Wildman–Crippen LogP) is 2.48. The SMILES string of the molecule is NC(=O)C(OC(=O)CCC(=O)c1cccs1)c1ccccc1. The molecule has 2 N–H and O–H groups in total. The normalized spacial score (nSPS) is 11.6. The fraction of sp³-hybridized carbons (Fsp3) is 0.188. The number of ketones is 1. The topological polar surface area (TPSA) is 86.5 Å². The average Bonchev–Trinajstić information content (AvgIpc) is 3.05. The molecule has 1 heterocycles. The highest BCUT2D eigenvalue weighted by atomic mass is 32.1. The molecule has 5 nitrogen and oxygen atoms in total. The summed E-state index contributed by atoms with van der Waals surface area (Å²) in [5.41, 5.74) is 5.78. The number of carbonyl (C=O) groups excluding carboxylic acids is 3. The van der Waals surface area contributed by atoms with Crippen LogP contribution in [0.1, 0.15) is 34.2 Å². The summed E-state index contributed by atoms with van der Waals surface area (Å²) < 4.78 is 5.10. The minimum Gasteiger partial charge on any atom is -0.447 e. The quantitative estimate of drug-likeness (QED) is 0.628. The zero-order valence-corrected chi connectivity index (χ0v) is 12.5. The molecule has 0 aliphatic heterocycles. The molecule has 2 aromatic rings. The molecule has 22 heavy (non-hydrogen) atoms. The van der Waals surface area contributed by atoms with Gasteiger partial charge < -0.3 is 10.5 Å². The number of hydrogen-bond acceptors (Lipinski definition) is 5. The first-order valence-corrected chi connectivity index (χ1v) is 7.56. The van der Waals surface area contributed by atoms with Crippen LogP contribution in [0.25, 0.3) is 0 Å². The van der Waals surface area contributed by atoms with Crippen molar-refractivity contribution in [2.75, 3.05) is 0 Å². The summed E-state index contributed by atoms with van der Waals surface area (Å²) in [4.78, 5) is 35.7. The number of rotatable bonds is 7. The van der Waals surface area contributed by atoms with Crippen molar-refractivity contribution in [3.8, 4) is 0 Å². The number of primary amides is 1. The number of nitrogens with two attached hydrogens (primary N) is 1. The lowest BCUT2D eigenvalue weighted by atomic mass is 10.1. The number of hydrogen-bond donors (Lipinski definition) is 1. The second kappa shape index (κ2) is 7.51. The van der Waals surface area contributed by atoms with Crippen molar-refractivity contribution in [1.82, 2.24) is 0 Å². The van der Waals surface area contributed by atoms with Gasteiger partial charge in [-0.3, -0.25) is 14.4 Å². The third-order valence-electron chi connectivity index (χ3n) is 2.96. The van der Waals surface area contributed by atoms with Crippen molar-refractivity contribution in [1.29, 1.82) is 0 Å². The smallest absolute Gasteiger partial charge is 0.307 e. The van der Waals surface area contributed by atoms with Gasteiger partial charge in [-0.1, -0.05) is 36.4 Å². The summed E-state index contributed by atoms with van der Waals surface area (Å²) in [5, 5.41) is 1.80. The lowest BCUT2D eigenvalue weighted by Gasteiger charge is -2.14. The molecular weight excluding hydrogens is 302 g/mol. The maximum Gasteiger partial charge on any atom is 0.307 e. The van der Waals surface area contributed by atoms with Crippen LogP contribution >= 0.6 is 11.3 Å². The molecule has 0 bridgehead atoms. The van der Waals surface area contributed by atoms with E-state index in [1.165, 1.54) is 11.3 Å². The van der Waals surface area contributed by atoms with Gasteiger partial charge in [0.1, 0.15) is 0 Å². The first-order chi connectivity index (χ1) is 10.6. The second-order valence-corrected chi connectivity index (χ2v) is 5.53. The largest absolute Gasteiger partial charge is 0.447 e. The van der Waals surface area contributed by atoms with E-state index in [1.807, 2.05) is 0 Å². The maximum absolute atomic E-state index is 11.8. The van der Waals surface area contributed by atoms with Crippen molar-refractivity contribution in [2.45, 2.75) is 18.9 Å². The van der Waals surface area contributed by atoms with Crippen LogP contribution in [0.3, 0.4) is 0 Å². The summed E-state index contributed by atoms with van der Waals surface area (Å²) in [7, 11) is 0. The first kappa shape index (κ1) is 15.9. The van der Waals surface area contributed by atoms with Gasteiger partial charge in [0.2, 0.25) is 6.10 Å². The van der Waals surface area contributed by atoms with Crippen LogP contribution < -0.4 is 5.73 Å². The molecule has 1 atom stereocenters. The van der Waals surface area contributed by atoms with Crippen LogP contribution in [0.5, 0.6) is 0 Å². The van der Waals surface area contributed by atoms with Crippen LogP contribution in [0, 0.1) is 0 Å². The molecule has 0 aliphatic rings. The molecule has 0 radical (unpaired) electrons. The Morgan fingerprint density at radius 2 is 1.77 bits per heavy atom. The Hall–Kier alpha value is -2.47. The van der Waals surface area contributed by atoms with Gasteiger partial charge in [0.15, 0.2) is 5.78 Å². The Morgan fingerprint density at radius 3 is 2.36 bits per heavy atom. The molecule has 0 fully saturated rings. The Kier molecular flexibility index (Phi) is 5.43. The van der Waals surface area contributed by atoms with E-state index in [0.29, 0.717) is 10.4 Å². The number of thiophene rings is 1. The van der Waals surface area contributed by atoms with Gasteiger partial charge in [-0.05, 0) is 11.4 Å². The van der Waals surface area contributed by atoms with E-state index in [2.05, 4.69) is 0 Å². The lowest BCUT2D eigenvalue weighted by Crippen LogP contribution is -2.26.